The van der Waals surface area contributed by atoms with Crippen molar-refractivity contribution in [3.05, 3.63) is 72.9 Å². The lowest BCUT2D eigenvalue weighted by Crippen LogP contribution is -1.91. The number of aromatic nitrogens is 3. The van der Waals surface area contributed by atoms with Crippen LogP contribution in [0, 0.1) is 0 Å². The molecule has 0 aliphatic carbocycles. The predicted octanol–water partition coefficient (Wildman–Crippen LogP) is 5.16. The number of benzene rings is 2. The molecule has 0 radical (unpaired) electrons. The molecule has 124 valence electrons. The second-order valence-electron chi connectivity index (χ2n) is 6.07. The minimum atomic E-state index is 0.511. The van der Waals surface area contributed by atoms with E-state index in [2.05, 4.69) is 51.8 Å². The third-order valence-electron chi connectivity index (χ3n) is 4.45. The van der Waals surface area contributed by atoms with Crippen LogP contribution in [0.5, 0.6) is 0 Å². The highest BCUT2D eigenvalue weighted by Gasteiger charge is 2.13. The second kappa shape index (κ2) is 5.89. The first kappa shape index (κ1) is 15.0. The fourth-order valence-corrected chi connectivity index (χ4v) is 3.95. The minimum Gasteiger partial charge on any atom is -0.383 e. The quantitative estimate of drug-likeness (QED) is 0.476. The van der Waals surface area contributed by atoms with Crippen LogP contribution < -0.4 is 5.73 Å². The molecule has 0 aliphatic rings. The summed E-state index contributed by atoms with van der Waals surface area (Å²) >= 11 is 1.44. The van der Waals surface area contributed by atoms with Crippen molar-refractivity contribution in [1.29, 1.82) is 0 Å². The van der Waals surface area contributed by atoms with Gasteiger partial charge in [0.2, 0.25) is 0 Å². The van der Waals surface area contributed by atoms with E-state index < -0.39 is 0 Å². The van der Waals surface area contributed by atoms with Gasteiger partial charge in [0, 0.05) is 22.7 Å². The van der Waals surface area contributed by atoms with Gasteiger partial charge in [0.05, 0.1) is 27.0 Å². The molecule has 0 saturated carbocycles. The monoisotopic (exact) mass is 354 g/mol. The van der Waals surface area contributed by atoms with Crippen molar-refractivity contribution in [2.45, 2.75) is 0 Å². The molecular formula is C21H14N4S. The summed E-state index contributed by atoms with van der Waals surface area (Å²) in [5.41, 5.74) is 11.0. The normalized spacial score (nSPS) is 11.2. The van der Waals surface area contributed by atoms with Gasteiger partial charge in [-0.3, -0.25) is 0 Å². The number of fused-ring (bicyclic) bond motifs is 2. The zero-order chi connectivity index (χ0) is 17.5. The summed E-state index contributed by atoms with van der Waals surface area (Å²) in [5, 5.41) is 2.01. The van der Waals surface area contributed by atoms with Crippen LogP contribution >= 0.6 is 11.5 Å². The molecule has 0 fully saturated rings. The highest BCUT2D eigenvalue weighted by Crippen LogP contribution is 2.34. The molecule has 2 N–H and O–H groups in total. The Morgan fingerprint density at radius 2 is 1.69 bits per heavy atom. The fourth-order valence-electron chi connectivity index (χ4n) is 3.15. The molecule has 5 heteroatoms. The average molecular weight is 354 g/mol. The maximum absolute atomic E-state index is 6.09. The smallest absolute Gasteiger partial charge is 0.134 e. The fraction of sp³-hybridized carbons (Fsp3) is 0. The average Bonchev–Trinajstić information content (AvgIpc) is 3.13. The Bertz CT molecular complexity index is 1250. The Kier molecular flexibility index (Phi) is 3.40. The van der Waals surface area contributed by atoms with Gasteiger partial charge in [0.1, 0.15) is 5.82 Å². The lowest BCUT2D eigenvalue weighted by atomic mass is 10.0. The number of pyridine rings is 2. The Morgan fingerprint density at radius 3 is 2.58 bits per heavy atom. The molecule has 2 aromatic carbocycles. The van der Waals surface area contributed by atoms with Gasteiger partial charge in [-0.2, -0.15) is 4.37 Å². The lowest BCUT2D eigenvalue weighted by molar-refractivity contribution is 1.37. The topological polar surface area (TPSA) is 64.7 Å². The first-order valence-electron chi connectivity index (χ1n) is 8.26. The number of hydrogen-bond donors (Lipinski definition) is 1. The van der Waals surface area contributed by atoms with Crippen molar-refractivity contribution in [1.82, 2.24) is 14.3 Å². The summed E-state index contributed by atoms with van der Waals surface area (Å²) in [4.78, 5) is 9.06. The maximum Gasteiger partial charge on any atom is 0.134 e. The number of rotatable bonds is 2. The second-order valence-corrected chi connectivity index (χ2v) is 6.88. The Hall–Kier alpha value is -3.31. The van der Waals surface area contributed by atoms with Gasteiger partial charge in [-0.05, 0) is 29.7 Å². The Morgan fingerprint density at radius 1 is 0.846 bits per heavy atom. The molecule has 0 saturated heterocycles. The molecular weight excluding hydrogens is 340 g/mol. The molecule has 26 heavy (non-hydrogen) atoms. The third kappa shape index (κ3) is 2.41. The van der Waals surface area contributed by atoms with Crippen LogP contribution in [-0.2, 0) is 0 Å². The van der Waals surface area contributed by atoms with Crippen molar-refractivity contribution < 1.29 is 0 Å². The van der Waals surface area contributed by atoms with E-state index in [4.69, 9.17) is 10.7 Å². The molecule has 0 unspecified atom stereocenters. The summed E-state index contributed by atoms with van der Waals surface area (Å²) in [6, 6.07) is 22.5. The van der Waals surface area contributed by atoms with Gasteiger partial charge in [0.25, 0.3) is 0 Å². The largest absolute Gasteiger partial charge is 0.383 e. The van der Waals surface area contributed by atoms with Crippen molar-refractivity contribution in [3.8, 4) is 22.5 Å². The molecule has 5 aromatic rings. The van der Waals surface area contributed by atoms with Crippen LogP contribution in [0.1, 0.15) is 0 Å². The molecule has 0 amide bonds. The highest BCUT2D eigenvalue weighted by molar-refractivity contribution is 7.13. The van der Waals surface area contributed by atoms with Crippen LogP contribution in [-0.4, -0.2) is 14.3 Å². The molecule has 0 spiro atoms. The molecule has 3 aromatic heterocycles. The minimum absolute atomic E-state index is 0.511. The van der Waals surface area contributed by atoms with E-state index in [1.165, 1.54) is 11.5 Å². The Balaban J connectivity index is 1.69. The molecule has 0 atom stereocenters. The van der Waals surface area contributed by atoms with Crippen LogP contribution in [0.3, 0.4) is 0 Å². The maximum atomic E-state index is 6.09. The van der Waals surface area contributed by atoms with Crippen LogP contribution in [0.4, 0.5) is 5.82 Å². The van der Waals surface area contributed by atoms with Gasteiger partial charge in [-0.1, -0.05) is 48.5 Å². The van der Waals surface area contributed by atoms with Crippen molar-refractivity contribution >= 4 is 38.3 Å². The summed E-state index contributed by atoms with van der Waals surface area (Å²) in [6.07, 6.45) is 1.72. The zero-order valence-electron chi connectivity index (χ0n) is 13.8. The number of hydrogen-bond acceptors (Lipinski definition) is 5. The SMILES string of the molecule is Nc1nccc2snc(-c3ccc4ccc(-c5ccccc5)nc4c3)c12. The van der Waals surface area contributed by atoms with Gasteiger partial charge in [-0.25, -0.2) is 9.97 Å². The van der Waals surface area contributed by atoms with Crippen molar-refractivity contribution in [2.75, 3.05) is 5.73 Å². The van der Waals surface area contributed by atoms with Crippen molar-refractivity contribution in [2.24, 2.45) is 0 Å². The summed E-state index contributed by atoms with van der Waals surface area (Å²) < 4.78 is 5.65. The molecule has 3 heterocycles. The predicted molar refractivity (Wildman–Crippen MR) is 108 cm³/mol. The molecule has 4 nitrogen and oxygen atoms in total. The summed E-state index contributed by atoms with van der Waals surface area (Å²) in [5.74, 6) is 0.511. The first-order valence-corrected chi connectivity index (χ1v) is 9.03. The van der Waals surface area contributed by atoms with Gasteiger partial charge in [0.15, 0.2) is 0 Å². The first-order chi connectivity index (χ1) is 12.8. The number of anilines is 1. The van der Waals surface area contributed by atoms with E-state index in [9.17, 15) is 0 Å². The van der Waals surface area contributed by atoms with E-state index in [1.54, 1.807) is 6.20 Å². The third-order valence-corrected chi connectivity index (χ3v) is 5.26. The standard InChI is InChI=1S/C21H14N4S/c22-21-19-18(10-11-23-21)26-25-20(19)15-7-6-14-8-9-16(24-17(14)12-15)13-4-2-1-3-5-13/h1-12H,(H2,22,23). The zero-order valence-corrected chi connectivity index (χ0v) is 14.6. The van der Waals surface area contributed by atoms with E-state index >= 15 is 0 Å². The molecule has 0 bridgehead atoms. The van der Waals surface area contributed by atoms with Gasteiger partial charge >= 0.3 is 0 Å². The van der Waals surface area contributed by atoms with E-state index in [-0.39, 0.29) is 0 Å². The highest BCUT2D eigenvalue weighted by atomic mass is 32.1. The molecule has 0 aliphatic heterocycles. The van der Waals surface area contributed by atoms with Crippen LogP contribution in [0.2, 0.25) is 0 Å². The lowest BCUT2D eigenvalue weighted by Gasteiger charge is -2.06. The Labute approximate surface area is 154 Å². The summed E-state index contributed by atoms with van der Waals surface area (Å²) in [7, 11) is 0. The van der Waals surface area contributed by atoms with E-state index in [0.717, 1.165) is 43.5 Å². The van der Waals surface area contributed by atoms with Crippen molar-refractivity contribution in [3.63, 3.8) is 0 Å². The van der Waals surface area contributed by atoms with Crippen LogP contribution in [0.25, 0.3) is 43.5 Å². The van der Waals surface area contributed by atoms with Crippen LogP contribution in [0.15, 0.2) is 72.9 Å². The van der Waals surface area contributed by atoms with Gasteiger partial charge < -0.3 is 5.73 Å². The van der Waals surface area contributed by atoms with Gasteiger partial charge in [-0.15, -0.1) is 0 Å². The number of nitrogens with two attached hydrogens (primary N) is 1. The van der Waals surface area contributed by atoms with E-state index in [0.29, 0.717) is 5.82 Å². The summed E-state index contributed by atoms with van der Waals surface area (Å²) in [6.45, 7) is 0. The number of nitrogens with zero attached hydrogens (tertiary/aromatic N) is 3. The number of nitrogen functional groups attached to an aromatic ring is 1. The van der Waals surface area contributed by atoms with E-state index in [1.807, 2.05) is 24.3 Å². The molecule has 5 rings (SSSR count).